The Bertz CT molecular complexity index is 723. The first kappa shape index (κ1) is 30.3. The molecule has 0 N–H and O–H groups in total. The predicted molar refractivity (Wildman–Crippen MR) is 156 cm³/mol. The summed E-state index contributed by atoms with van der Waals surface area (Å²) < 4.78 is 13.8. The molecule has 0 heterocycles. The van der Waals surface area contributed by atoms with Gasteiger partial charge in [-0.05, 0) is 113 Å². The maximum atomic E-state index is 7.06. The van der Waals surface area contributed by atoms with E-state index in [1.165, 1.54) is 32.1 Å². The summed E-state index contributed by atoms with van der Waals surface area (Å²) in [6.07, 6.45) is 11.9. The van der Waals surface area contributed by atoms with Crippen LogP contribution in [0.3, 0.4) is 0 Å². The molecule has 2 saturated carbocycles. The Morgan fingerprint density at radius 2 is 1.44 bits per heavy atom. The molecule has 4 heteroatoms. The molecule has 2 nitrogen and oxygen atoms in total. The fourth-order valence-electron chi connectivity index (χ4n) is 6.25. The van der Waals surface area contributed by atoms with Crippen LogP contribution >= 0.6 is 0 Å². The molecule has 0 saturated heterocycles. The van der Waals surface area contributed by atoms with Gasteiger partial charge in [0.05, 0.1) is 5.60 Å². The molecule has 0 bridgehead atoms. The third-order valence-electron chi connectivity index (χ3n) is 10.4. The maximum absolute atomic E-state index is 7.06. The molecule has 2 fully saturated rings. The second-order valence-corrected chi connectivity index (χ2v) is 25.1. The largest absolute Gasteiger partial charge is 0.414 e. The third kappa shape index (κ3) is 6.69. The minimum Gasteiger partial charge on any atom is -0.414 e. The first-order chi connectivity index (χ1) is 15.1. The standard InChI is InChI=1S/C30H60O2Si2/c1-23(17-15-21-29(8,9)32-34(13,14)28(5,6)7)24-19-20-25-26(18-16-22-30(24,25)10)31-33(11,12)27(2,3)4/h17,24-26H,15-16,18-22H2,1-14H3/b23-17-/t24-,25+,26?,30-/m1/s1. The normalized spacial score (nSPS) is 29.9. The summed E-state index contributed by atoms with van der Waals surface area (Å²) in [5, 5.41) is 0.543. The summed E-state index contributed by atoms with van der Waals surface area (Å²) in [6, 6.07) is 0. The van der Waals surface area contributed by atoms with Crippen molar-refractivity contribution in [2.75, 3.05) is 0 Å². The van der Waals surface area contributed by atoms with Crippen LogP contribution in [0.5, 0.6) is 0 Å². The van der Waals surface area contributed by atoms with Gasteiger partial charge in [0.15, 0.2) is 16.6 Å². The van der Waals surface area contributed by atoms with E-state index < -0.39 is 16.6 Å². The lowest BCUT2D eigenvalue weighted by atomic mass is 9.63. The summed E-state index contributed by atoms with van der Waals surface area (Å²) >= 11 is 0. The Morgan fingerprint density at radius 1 is 0.882 bits per heavy atom. The van der Waals surface area contributed by atoms with E-state index in [0.717, 1.165) is 18.8 Å². The van der Waals surface area contributed by atoms with Gasteiger partial charge in [-0.1, -0.05) is 66.5 Å². The Balaban J connectivity index is 2.07. The third-order valence-corrected chi connectivity index (χ3v) is 19.6. The quantitative estimate of drug-likeness (QED) is 0.240. The molecule has 0 aliphatic heterocycles. The highest BCUT2D eigenvalue weighted by atomic mass is 28.4. The Morgan fingerprint density at radius 3 is 1.97 bits per heavy atom. The Kier molecular flexibility index (Phi) is 9.01. The van der Waals surface area contributed by atoms with Crippen molar-refractivity contribution >= 4 is 16.6 Å². The number of allylic oxidation sites excluding steroid dienone is 2. The second-order valence-electron chi connectivity index (χ2n) is 15.7. The van der Waals surface area contributed by atoms with Gasteiger partial charge >= 0.3 is 0 Å². The van der Waals surface area contributed by atoms with Crippen molar-refractivity contribution in [3.63, 3.8) is 0 Å². The van der Waals surface area contributed by atoms with Crippen molar-refractivity contribution in [2.24, 2.45) is 17.3 Å². The number of rotatable bonds is 8. The molecular formula is C30H60O2Si2. The highest BCUT2D eigenvalue weighted by Crippen LogP contribution is 2.59. The van der Waals surface area contributed by atoms with E-state index in [1.54, 1.807) is 5.57 Å². The molecule has 4 atom stereocenters. The molecule has 0 spiro atoms. The average Bonchev–Trinajstić information content (AvgIpc) is 2.96. The predicted octanol–water partition coefficient (Wildman–Crippen LogP) is 10.1. The highest BCUT2D eigenvalue weighted by Gasteiger charge is 2.53. The fraction of sp³-hybridized carbons (Fsp3) is 0.933. The van der Waals surface area contributed by atoms with Gasteiger partial charge in [-0.2, -0.15) is 0 Å². The highest BCUT2D eigenvalue weighted by molar-refractivity contribution is 6.74. The van der Waals surface area contributed by atoms with Crippen molar-refractivity contribution in [2.45, 2.75) is 162 Å². The van der Waals surface area contributed by atoms with Gasteiger partial charge in [0.1, 0.15) is 0 Å². The average molecular weight is 509 g/mol. The lowest BCUT2D eigenvalue weighted by Crippen LogP contribution is -2.49. The number of hydrogen-bond donors (Lipinski definition) is 0. The van der Waals surface area contributed by atoms with Crippen molar-refractivity contribution in [1.82, 2.24) is 0 Å². The molecule has 0 amide bonds. The summed E-state index contributed by atoms with van der Waals surface area (Å²) in [5.74, 6) is 1.44. The molecule has 0 aromatic heterocycles. The van der Waals surface area contributed by atoms with Crippen LogP contribution in [0, 0.1) is 17.3 Å². The molecular weight excluding hydrogens is 449 g/mol. The van der Waals surface area contributed by atoms with Gasteiger partial charge in [-0.15, -0.1) is 0 Å². The molecule has 34 heavy (non-hydrogen) atoms. The van der Waals surface area contributed by atoms with E-state index in [2.05, 4.69) is 102 Å². The second kappa shape index (κ2) is 10.1. The van der Waals surface area contributed by atoms with Crippen molar-refractivity contribution in [1.29, 1.82) is 0 Å². The number of hydrogen-bond acceptors (Lipinski definition) is 2. The lowest BCUT2D eigenvalue weighted by molar-refractivity contribution is -0.00347. The van der Waals surface area contributed by atoms with E-state index in [-0.39, 0.29) is 15.7 Å². The monoisotopic (exact) mass is 508 g/mol. The number of fused-ring (bicyclic) bond motifs is 1. The SMILES string of the molecule is C/C(=C/CCC(C)(C)O[Si](C)(C)C(C)(C)C)[C@H]1CC[C@H]2C(O[Si](C)(C)C(C)(C)C)CCC[C@]12C. The van der Waals surface area contributed by atoms with E-state index in [9.17, 15) is 0 Å². The molecule has 2 aliphatic rings. The van der Waals surface area contributed by atoms with Crippen molar-refractivity contribution in [3.8, 4) is 0 Å². The molecule has 0 aromatic rings. The Hall–Kier alpha value is 0.0938. The van der Waals surface area contributed by atoms with Crippen LogP contribution in [-0.2, 0) is 8.85 Å². The van der Waals surface area contributed by atoms with Crippen LogP contribution in [0.25, 0.3) is 0 Å². The van der Waals surface area contributed by atoms with Gasteiger partial charge in [0, 0.05) is 6.10 Å². The van der Waals surface area contributed by atoms with Crippen LogP contribution in [0.2, 0.25) is 36.3 Å². The maximum Gasteiger partial charge on any atom is 0.192 e. The van der Waals surface area contributed by atoms with Crippen molar-refractivity contribution in [3.05, 3.63) is 11.6 Å². The van der Waals surface area contributed by atoms with E-state index in [1.807, 2.05) is 0 Å². The topological polar surface area (TPSA) is 18.5 Å². The molecule has 2 rings (SSSR count). The summed E-state index contributed by atoms with van der Waals surface area (Å²) in [7, 11) is -3.49. The van der Waals surface area contributed by atoms with E-state index in [0.29, 0.717) is 17.4 Å². The lowest BCUT2D eigenvalue weighted by Gasteiger charge is -2.49. The Labute approximate surface area is 216 Å². The van der Waals surface area contributed by atoms with Gasteiger partial charge in [-0.25, -0.2) is 0 Å². The molecule has 0 aromatic carbocycles. The van der Waals surface area contributed by atoms with Gasteiger partial charge in [0.2, 0.25) is 0 Å². The van der Waals surface area contributed by atoms with E-state index >= 15 is 0 Å². The molecule has 0 radical (unpaired) electrons. The van der Waals surface area contributed by atoms with Crippen molar-refractivity contribution < 1.29 is 8.85 Å². The summed E-state index contributed by atoms with van der Waals surface area (Å²) in [5.41, 5.74) is 1.97. The minimum atomic E-state index is -1.75. The van der Waals surface area contributed by atoms with Crippen LogP contribution in [0.15, 0.2) is 11.6 Å². The first-order valence-corrected chi connectivity index (χ1v) is 20.0. The molecule has 2 aliphatic carbocycles. The van der Waals surface area contributed by atoms with Gasteiger partial charge in [-0.3, -0.25) is 0 Å². The zero-order valence-electron chi connectivity index (χ0n) is 25.6. The smallest absolute Gasteiger partial charge is 0.192 e. The van der Waals surface area contributed by atoms with Crippen LogP contribution in [-0.4, -0.2) is 28.3 Å². The summed E-state index contributed by atoms with van der Waals surface area (Å²) in [4.78, 5) is 0. The van der Waals surface area contributed by atoms with E-state index in [4.69, 9.17) is 8.85 Å². The first-order valence-electron chi connectivity index (χ1n) is 14.2. The minimum absolute atomic E-state index is 0.0607. The van der Waals surface area contributed by atoms with Crippen LogP contribution in [0.1, 0.15) is 114 Å². The van der Waals surface area contributed by atoms with Gasteiger partial charge < -0.3 is 8.85 Å². The zero-order valence-corrected chi connectivity index (χ0v) is 27.6. The van der Waals surface area contributed by atoms with Gasteiger partial charge in [0.25, 0.3) is 0 Å². The molecule has 200 valence electrons. The van der Waals surface area contributed by atoms with Crippen LogP contribution in [0.4, 0.5) is 0 Å². The fourth-order valence-corrected chi connectivity index (χ4v) is 9.43. The summed E-state index contributed by atoms with van der Waals surface area (Å²) in [6.45, 7) is 33.4. The van der Waals surface area contributed by atoms with Crippen LogP contribution < -0.4 is 0 Å². The molecule has 1 unspecified atom stereocenters. The zero-order chi connectivity index (χ0) is 26.4.